The highest BCUT2D eigenvalue weighted by atomic mass is 79.9. The maximum Gasteiger partial charge on any atom is 0.253 e. The Hall–Kier alpha value is -3.38. The van der Waals surface area contributed by atoms with Crippen LogP contribution in [0.2, 0.25) is 0 Å². The number of nitrogens with zero attached hydrogens (tertiary/aromatic N) is 2. The van der Waals surface area contributed by atoms with Gasteiger partial charge in [-0.2, -0.15) is 0 Å². The number of rotatable bonds is 8. The molecule has 192 valence electrons. The lowest BCUT2D eigenvalue weighted by Gasteiger charge is -2.37. The SMILES string of the molecule is COc1cccc(C[n+]2ccn([C@@H]3CC[C@H](C(C(N)=O)(c4ccccc4)c4ccccc4)C3)c2C)c1.[Br-]. The number of methoxy groups -OCH3 is 1. The number of nitrogens with two attached hydrogens (primary N) is 1. The van der Waals surface area contributed by atoms with Crippen molar-refractivity contribution in [1.29, 1.82) is 0 Å². The van der Waals surface area contributed by atoms with Crippen LogP contribution in [-0.2, 0) is 16.8 Å². The molecule has 0 radical (unpaired) electrons. The minimum Gasteiger partial charge on any atom is -1.00 e. The number of imidazole rings is 1. The van der Waals surface area contributed by atoms with Crippen LogP contribution >= 0.6 is 0 Å². The number of carbonyl (C=O) groups excluding carboxylic acids is 1. The maximum atomic E-state index is 13.4. The number of primary amides is 1. The zero-order valence-corrected chi connectivity index (χ0v) is 23.0. The molecule has 4 aromatic rings. The molecule has 1 fully saturated rings. The summed E-state index contributed by atoms with van der Waals surface area (Å²) < 4.78 is 10.0. The van der Waals surface area contributed by atoms with Gasteiger partial charge in [0.2, 0.25) is 5.91 Å². The van der Waals surface area contributed by atoms with E-state index in [-0.39, 0.29) is 28.8 Å². The molecule has 1 aliphatic rings. The van der Waals surface area contributed by atoms with Crippen LogP contribution in [0.4, 0.5) is 0 Å². The molecule has 1 aromatic heterocycles. The van der Waals surface area contributed by atoms with Crippen molar-refractivity contribution in [3.63, 3.8) is 0 Å². The van der Waals surface area contributed by atoms with E-state index in [4.69, 9.17) is 10.5 Å². The number of ether oxygens (including phenoxy) is 1. The van der Waals surface area contributed by atoms with Gasteiger partial charge in [-0.1, -0.05) is 72.8 Å². The summed E-state index contributed by atoms with van der Waals surface area (Å²) in [7, 11) is 1.70. The van der Waals surface area contributed by atoms with E-state index in [2.05, 4.69) is 40.6 Å². The van der Waals surface area contributed by atoms with Crippen molar-refractivity contribution >= 4 is 5.91 Å². The molecular weight excluding hydrogens is 526 g/mol. The van der Waals surface area contributed by atoms with Crippen LogP contribution < -0.4 is 32.0 Å². The molecule has 0 saturated heterocycles. The van der Waals surface area contributed by atoms with Crippen LogP contribution in [0.15, 0.2) is 97.3 Å². The summed E-state index contributed by atoms with van der Waals surface area (Å²) in [5.41, 5.74) is 8.59. The van der Waals surface area contributed by atoms with Gasteiger partial charge in [-0.05, 0) is 54.0 Å². The summed E-state index contributed by atoms with van der Waals surface area (Å²) in [6.07, 6.45) is 7.16. The van der Waals surface area contributed by atoms with Crippen LogP contribution in [0, 0.1) is 12.8 Å². The number of hydrogen-bond acceptors (Lipinski definition) is 2. The molecular formula is C31H34BrN3O2. The monoisotopic (exact) mass is 559 g/mol. The van der Waals surface area contributed by atoms with E-state index >= 15 is 0 Å². The Bertz CT molecular complexity index is 1300. The number of carbonyl (C=O) groups is 1. The van der Waals surface area contributed by atoms with Crippen LogP contribution in [-0.4, -0.2) is 17.6 Å². The lowest BCUT2D eigenvalue weighted by Crippen LogP contribution is -3.00. The lowest BCUT2D eigenvalue weighted by molar-refractivity contribution is -0.694. The van der Waals surface area contributed by atoms with Crippen LogP contribution in [0.25, 0.3) is 0 Å². The van der Waals surface area contributed by atoms with Gasteiger partial charge in [0.25, 0.3) is 5.82 Å². The second-order valence-corrected chi connectivity index (χ2v) is 9.80. The van der Waals surface area contributed by atoms with E-state index in [1.54, 1.807) is 7.11 Å². The van der Waals surface area contributed by atoms with Gasteiger partial charge in [-0.3, -0.25) is 4.79 Å². The molecule has 1 amide bonds. The quantitative estimate of drug-likeness (QED) is 0.335. The largest absolute Gasteiger partial charge is 1.00 e. The van der Waals surface area contributed by atoms with Crippen molar-refractivity contribution in [3.05, 3.63) is 120 Å². The Labute approximate surface area is 229 Å². The van der Waals surface area contributed by atoms with E-state index in [0.29, 0.717) is 6.04 Å². The van der Waals surface area contributed by atoms with Crippen molar-refractivity contribution in [2.45, 2.75) is 44.2 Å². The van der Waals surface area contributed by atoms with Gasteiger partial charge in [0, 0.05) is 6.92 Å². The number of halogens is 1. The third-order valence-electron chi connectivity index (χ3n) is 7.94. The zero-order chi connectivity index (χ0) is 25.1. The second kappa shape index (κ2) is 11.3. The van der Waals surface area contributed by atoms with Gasteiger partial charge in [0.05, 0.1) is 7.11 Å². The Kier molecular flexibility index (Phi) is 8.18. The Balaban J connectivity index is 0.00000320. The molecule has 0 unspecified atom stereocenters. The summed E-state index contributed by atoms with van der Waals surface area (Å²) in [5.74, 6) is 1.90. The van der Waals surface area contributed by atoms with E-state index in [9.17, 15) is 4.79 Å². The zero-order valence-electron chi connectivity index (χ0n) is 21.4. The van der Waals surface area contributed by atoms with Gasteiger partial charge in [0.1, 0.15) is 36.1 Å². The van der Waals surface area contributed by atoms with Crippen molar-refractivity contribution in [2.24, 2.45) is 11.7 Å². The highest BCUT2D eigenvalue weighted by Crippen LogP contribution is 2.49. The fraction of sp³-hybridized carbons (Fsp3) is 0.290. The van der Waals surface area contributed by atoms with E-state index in [1.165, 1.54) is 11.4 Å². The first-order chi connectivity index (χ1) is 17.5. The second-order valence-electron chi connectivity index (χ2n) is 9.80. The van der Waals surface area contributed by atoms with Crippen molar-refractivity contribution in [3.8, 4) is 5.75 Å². The average Bonchev–Trinajstić information content (AvgIpc) is 3.53. The summed E-state index contributed by atoms with van der Waals surface area (Å²) in [6.45, 7) is 2.95. The maximum absolute atomic E-state index is 13.4. The molecule has 0 bridgehead atoms. The number of benzene rings is 3. The predicted octanol–water partition coefficient (Wildman–Crippen LogP) is 1.96. The molecule has 0 spiro atoms. The van der Waals surface area contributed by atoms with Gasteiger partial charge in [-0.15, -0.1) is 0 Å². The standard InChI is InChI=1S/C31H33N3O2.BrH/c1-23-33(22-24-10-9-15-29(20-24)36-2)18-19-34(23)28-17-16-27(21-28)31(30(32)35,25-11-5-3-6-12-25)26-13-7-4-8-14-26;/h3-15,18-20,27-28H,16-17,21-22H2,1-2H3,(H-,32,35);1H/t27-,28+;/m0./s1. The predicted molar refractivity (Wildman–Crippen MR) is 141 cm³/mol. The third-order valence-corrected chi connectivity index (χ3v) is 7.94. The highest BCUT2D eigenvalue weighted by molar-refractivity contribution is 5.91. The molecule has 1 heterocycles. The van der Waals surface area contributed by atoms with Crippen LogP contribution in [0.1, 0.15) is 47.8 Å². The van der Waals surface area contributed by atoms with Crippen molar-refractivity contribution in [1.82, 2.24) is 4.57 Å². The first-order valence-corrected chi connectivity index (χ1v) is 12.6. The minimum atomic E-state index is -0.852. The van der Waals surface area contributed by atoms with E-state index in [1.807, 2.05) is 72.8 Å². The van der Waals surface area contributed by atoms with Crippen molar-refractivity contribution < 1.29 is 31.1 Å². The number of aromatic nitrogens is 2. The molecule has 37 heavy (non-hydrogen) atoms. The molecule has 1 saturated carbocycles. The summed E-state index contributed by atoms with van der Waals surface area (Å²) in [4.78, 5) is 13.4. The van der Waals surface area contributed by atoms with Gasteiger partial charge >= 0.3 is 0 Å². The first-order valence-electron chi connectivity index (χ1n) is 12.6. The fourth-order valence-corrected chi connectivity index (χ4v) is 6.17. The molecule has 6 heteroatoms. The van der Waals surface area contributed by atoms with Gasteiger partial charge in [0.15, 0.2) is 0 Å². The molecule has 2 N–H and O–H groups in total. The molecule has 0 aliphatic heterocycles. The van der Waals surface area contributed by atoms with E-state index < -0.39 is 5.41 Å². The normalized spacial score (nSPS) is 17.2. The summed E-state index contributed by atoms with van der Waals surface area (Å²) in [5, 5.41) is 0. The number of hydrogen-bond donors (Lipinski definition) is 1. The molecule has 5 rings (SSSR count). The third kappa shape index (κ3) is 4.95. The topological polar surface area (TPSA) is 61.1 Å². The smallest absolute Gasteiger partial charge is 0.253 e. The number of amides is 1. The molecule has 3 aromatic carbocycles. The molecule has 1 aliphatic carbocycles. The van der Waals surface area contributed by atoms with Crippen LogP contribution in [0.5, 0.6) is 5.75 Å². The first kappa shape index (κ1) is 26.7. The Morgan fingerprint density at radius 3 is 2.24 bits per heavy atom. The van der Waals surface area contributed by atoms with Gasteiger partial charge in [-0.25, -0.2) is 9.13 Å². The lowest BCUT2D eigenvalue weighted by atomic mass is 9.64. The summed E-state index contributed by atoms with van der Waals surface area (Å²) >= 11 is 0. The van der Waals surface area contributed by atoms with Crippen LogP contribution in [0.3, 0.4) is 0 Å². The Morgan fingerprint density at radius 2 is 1.65 bits per heavy atom. The fourth-order valence-electron chi connectivity index (χ4n) is 6.17. The van der Waals surface area contributed by atoms with E-state index in [0.717, 1.165) is 42.7 Å². The summed E-state index contributed by atoms with van der Waals surface area (Å²) in [6, 6.07) is 28.7. The molecule has 2 atom stereocenters. The Morgan fingerprint density at radius 1 is 1.00 bits per heavy atom. The average molecular weight is 561 g/mol. The minimum absolute atomic E-state index is 0. The highest BCUT2D eigenvalue weighted by Gasteiger charge is 2.51. The molecule has 5 nitrogen and oxygen atoms in total. The van der Waals surface area contributed by atoms with Gasteiger partial charge < -0.3 is 27.5 Å². The van der Waals surface area contributed by atoms with Crippen molar-refractivity contribution in [2.75, 3.05) is 7.11 Å².